The summed E-state index contributed by atoms with van der Waals surface area (Å²) < 4.78 is 19.1. The summed E-state index contributed by atoms with van der Waals surface area (Å²) >= 11 is 5.82. The summed E-state index contributed by atoms with van der Waals surface area (Å²) in [6.45, 7) is 10.8. The molecule has 0 fully saturated rings. The molecule has 0 saturated carbocycles. The van der Waals surface area contributed by atoms with Crippen LogP contribution in [0.4, 0.5) is 0 Å². The molecule has 0 aromatic heterocycles. The second-order valence-electron chi connectivity index (χ2n) is 8.65. The molecule has 0 amide bonds. The van der Waals surface area contributed by atoms with E-state index >= 15 is 0 Å². The van der Waals surface area contributed by atoms with Gasteiger partial charge in [0.15, 0.2) is 0 Å². The highest BCUT2D eigenvalue weighted by Gasteiger charge is 2.41. The fourth-order valence-electron chi connectivity index (χ4n) is 3.90. The lowest BCUT2D eigenvalue weighted by atomic mass is 9.91. The van der Waals surface area contributed by atoms with Gasteiger partial charge in [0.1, 0.15) is 0 Å². The molecule has 4 heteroatoms. The zero-order valence-corrected chi connectivity index (χ0v) is 21.6. The predicted molar refractivity (Wildman–Crippen MR) is 131 cm³/mol. The Bertz CT molecular complexity index is 300. The second kappa shape index (κ2) is 22.4. The summed E-state index contributed by atoms with van der Waals surface area (Å²) in [4.78, 5) is 0. The Morgan fingerprint density at radius 3 is 1.33 bits per heavy atom. The molecule has 0 heterocycles. The average Bonchev–Trinajstić information content (AvgIpc) is 2.77. The van der Waals surface area contributed by atoms with Gasteiger partial charge in [-0.2, -0.15) is 0 Å². The summed E-state index contributed by atoms with van der Waals surface area (Å²) in [6.07, 6.45) is 19.2. The third kappa shape index (κ3) is 15.1. The molecule has 0 bridgehead atoms. The first-order valence-corrected chi connectivity index (χ1v) is 13.7. The van der Waals surface area contributed by atoms with Gasteiger partial charge >= 0.3 is 0 Å². The van der Waals surface area contributed by atoms with E-state index in [4.69, 9.17) is 25.8 Å². The van der Waals surface area contributed by atoms with E-state index in [1.54, 1.807) is 0 Å². The van der Waals surface area contributed by atoms with Crippen molar-refractivity contribution in [3.05, 3.63) is 0 Å². The van der Waals surface area contributed by atoms with E-state index in [-0.39, 0.29) is 0 Å². The zero-order valence-electron chi connectivity index (χ0n) is 20.8. The fourth-order valence-corrected chi connectivity index (χ4v) is 4.09. The molecule has 1 unspecified atom stereocenters. The zero-order chi connectivity index (χ0) is 22.3. The van der Waals surface area contributed by atoms with Gasteiger partial charge in [0, 0.05) is 11.8 Å². The van der Waals surface area contributed by atoms with Crippen LogP contribution in [0.2, 0.25) is 0 Å². The summed E-state index contributed by atoms with van der Waals surface area (Å²) in [6, 6.07) is 0. The van der Waals surface area contributed by atoms with Gasteiger partial charge in [0.25, 0.3) is 5.97 Å². The molecule has 0 aromatic rings. The Balaban J connectivity index is 5.04. The quantitative estimate of drug-likeness (QED) is 0.0837. The van der Waals surface area contributed by atoms with Crippen molar-refractivity contribution in [2.75, 3.05) is 25.7 Å². The minimum Gasteiger partial charge on any atom is -0.327 e. The van der Waals surface area contributed by atoms with Crippen LogP contribution in [0, 0.1) is 5.92 Å². The van der Waals surface area contributed by atoms with Gasteiger partial charge in [0.2, 0.25) is 0 Å². The van der Waals surface area contributed by atoms with Crippen molar-refractivity contribution < 1.29 is 14.2 Å². The van der Waals surface area contributed by atoms with Gasteiger partial charge in [-0.05, 0) is 38.5 Å². The SMILES string of the molecule is CCCCCCCCC(CCCCCCCCl)C(OCCC)(OCCC)OCCC. The third-order valence-corrected chi connectivity index (χ3v) is 5.88. The average molecular weight is 449 g/mol. The van der Waals surface area contributed by atoms with Crippen LogP contribution in [-0.4, -0.2) is 31.7 Å². The van der Waals surface area contributed by atoms with Crippen molar-refractivity contribution >= 4 is 11.6 Å². The molecule has 0 saturated heterocycles. The standard InChI is InChI=1S/C26H53ClO3/c1-5-9-10-11-13-16-19-25(20-17-14-12-15-18-21-27)26(28-22-6-2,29-23-7-3)30-24-8-4/h25H,5-24H2,1-4H3. The highest BCUT2D eigenvalue weighted by molar-refractivity contribution is 6.17. The van der Waals surface area contributed by atoms with Crippen molar-refractivity contribution in [1.82, 2.24) is 0 Å². The van der Waals surface area contributed by atoms with Crippen molar-refractivity contribution in [2.24, 2.45) is 5.92 Å². The van der Waals surface area contributed by atoms with Crippen molar-refractivity contribution in [3.63, 3.8) is 0 Å². The van der Waals surface area contributed by atoms with Crippen LogP contribution in [0.25, 0.3) is 0 Å². The molecular formula is C26H53ClO3. The van der Waals surface area contributed by atoms with Crippen LogP contribution < -0.4 is 0 Å². The normalized spacial score (nSPS) is 13.1. The number of unbranched alkanes of at least 4 members (excludes halogenated alkanes) is 9. The Kier molecular flexibility index (Phi) is 22.5. The Hall–Kier alpha value is 0.170. The fraction of sp³-hybridized carbons (Fsp3) is 1.00. The van der Waals surface area contributed by atoms with Gasteiger partial charge in [-0.25, -0.2) is 0 Å². The molecule has 0 N–H and O–H groups in total. The molecule has 0 aliphatic rings. The largest absolute Gasteiger partial charge is 0.327 e. The maximum absolute atomic E-state index is 6.37. The van der Waals surface area contributed by atoms with Gasteiger partial charge in [-0.15, -0.1) is 11.6 Å². The molecule has 0 aromatic carbocycles. The molecule has 182 valence electrons. The highest BCUT2D eigenvalue weighted by atomic mass is 35.5. The van der Waals surface area contributed by atoms with Gasteiger partial charge in [-0.1, -0.05) is 91.9 Å². The topological polar surface area (TPSA) is 27.7 Å². The van der Waals surface area contributed by atoms with Crippen molar-refractivity contribution in [1.29, 1.82) is 0 Å². The first kappa shape index (κ1) is 30.2. The van der Waals surface area contributed by atoms with E-state index in [1.807, 2.05) is 0 Å². The summed E-state index contributed by atoms with van der Waals surface area (Å²) in [5, 5.41) is 0. The van der Waals surface area contributed by atoms with Crippen LogP contribution in [0.1, 0.15) is 130 Å². The van der Waals surface area contributed by atoms with E-state index in [1.165, 1.54) is 64.2 Å². The maximum Gasteiger partial charge on any atom is 0.285 e. The van der Waals surface area contributed by atoms with Crippen LogP contribution in [-0.2, 0) is 14.2 Å². The number of hydrogen-bond donors (Lipinski definition) is 0. The number of halogens is 1. The van der Waals surface area contributed by atoms with E-state index in [9.17, 15) is 0 Å². The van der Waals surface area contributed by atoms with Crippen LogP contribution >= 0.6 is 11.6 Å². The summed E-state index contributed by atoms with van der Waals surface area (Å²) in [7, 11) is 0. The minimum atomic E-state index is -0.860. The molecule has 0 aliphatic heterocycles. The highest BCUT2D eigenvalue weighted by Crippen LogP contribution is 2.35. The smallest absolute Gasteiger partial charge is 0.285 e. The van der Waals surface area contributed by atoms with E-state index in [2.05, 4.69) is 27.7 Å². The van der Waals surface area contributed by atoms with E-state index in [0.717, 1.165) is 44.4 Å². The Morgan fingerprint density at radius 1 is 0.533 bits per heavy atom. The molecular weight excluding hydrogens is 396 g/mol. The predicted octanol–water partition coefficient (Wildman–Crippen LogP) is 8.87. The lowest BCUT2D eigenvalue weighted by Gasteiger charge is -2.40. The molecule has 30 heavy (non-hydrogen) atoms. The summed E-state index contributed by atoms with van der Waals surface area (Å²) in [5.74, 6) is 0.229. The molecule has 0 aliphatic carbocycles. The number of ether oxygens (including phenoxy) is 3. The van der Waals surface area contributed by atoms with E-state index < -0.39 is 5.97 Å². The molecule has 3 nitrogen and oxygen atoms in total. The van der Waals surface area contributed by atoms with E-state index in [0.29, 0.717) is 25.7 Å². The van der Waals surface area contributed by atoms with Gasteiger partial charge in [0.05, 0.1) is 19.8 Å². The van der Waals surface area contributed by atoms with Gasteiger partial charge < -0.3 is 14.2 Å². The van der Waals surface area contributed by atoms with Crippen molar-refractivity contribution in [2.45, 2.75) is 136 Å². The monoisotopic (exact) mass is 448 g/mol. The van der Waals surface area contributed by atoms with Crippen LogP contribution in [0.3, 0.4) is 0 Å². The summed E-state index contributed by atoms with van der Waals surface area (Å²) in [5.41, 5.74) is 0. The number of hydrogen-bond acceptors (Lipinski definition) is 3. The number of rotatable bonds is 24. The first-order valence-electron chi connectivity index (χ1n) is 13.2. The Labute approximate surface area is 194 Å². The van der Waals surface area contributed by atoms with Gasteiger partial charge in [-0.3, -0.25) is 0 Å². The molecule has 0 spiro atoms. The minimum absolute atomic E-state index is 0.307. The molecule has 0 radical (unpaired) electrons. The maximum atomic E-state index is 6.37. The molecule has 1 atom stereocenters. The lowest BCUT2D eigenvalue weighted by Crippen LogP contribution is -2.47. The van der Waals surface area contributed by atoms with Crippen LogP contribution in [0.5, 0.6) is 0 Å². The Morgan fingerprint density at radius 2 is 0.933 bits per heavy atom. The van der Waals surface area contributed by atoms with Crippen molar-refractivity contribution in [3.8, 4) is 0 Å². The second-order valence-corrected chi connectivity index (χ2v) is 9.03. The first-order chi connectivity index (χ1) is 14.7. The number of alkyl halides is 1. The lowest BCUT2D eigenvalue weighted by molar-refractivity contribution is -0.406. The third-order valence-electron chi connectivity index (χ3n) is 5.61. The molecule has 0 rings (SSSR count). The van der Waals surface area contributed by atoms with Crippen LogP contribution in [0.15, 0.2) is 0 Å².